The molecule has 0 saturated carbocycles. The van der Waals surface area contributed by atoms with Crippen LogP contribution in [0.15, 0.2) is 48.5 Å². The zero-order chi connectivity index (χ0) is 15.9. The minimum Gasteiger partial charge on any atom is -0.295 e. The third kappa shape index (κ3) is 2.63. The minimum atomic E-state index is 0.0505. The van der Waals surface area contributed by atoms with Crippen molar-refractivity contribution < 1.29 is 4.79 Å². The normalized spacial score (nSPS) is 10.9. The Balaban J connectivity index is 2.40. The van der Waals surface area contributed by atoms with Gasteiger partial charge in [0, 0.05) is 15.6 Å². The van der Waals surface area contributed by atoms with Crippen LogP contribution in [0.3, 0.4) is 0 Å². The van der Waals surface area contributed by atoms with E-state index in [1.54, 1.807) is 6.92 Å². The number of halogens is 2. The quantitative estimate of drug-likeness (QED) is 0.502. The van der Waals surface area contributed by atoms with E-state index < -0.39 is 0 Å². The van der Waals surface area contributed by atoms with Crippen molar-refractivity contribution in [3.8, 4) is 11.1 Å². The van der Waals surface area contributed by atoms with E-state index in [-0.39, 0.29) is 5.78 Å². The Bertz CT molecular complexity index is 880. The summed E-state index contributed by atoms with van der Waals surface area (Å²) in [6.07, 6.45) is 0. The monoisotopic (exact) mass is 328 g/mol. The highest BCUT2D eigenvalue weighted by Gasteiger charge is 2.13. The van der Waals surface area contributed by atoms with Crippen molar-refractivity contribution in [1.29, 1.82) is 0 Å². The number of carbonyl (C=O) groups is 1. The fourth-order valence-corrected chi connectivity index (χ4v) is 3.07. The Morgan fingerprint density at radius 2 is 1.50 bits per heavy atom. The fourth-order valence-electron chi connectivity index (χ4n) is 2.77. The number of rotatable bonds is 2. The molecule has 0 aliphatic carbocycles. The van der Waals surface area contributed by atoms with Gasteiger partial charge < -0.3 is 0 Å². The third-order valence-electron chi connectivity index (χ3n) is 3.90. The second kappa shape index (κ2) is 5.75. The first-order valence-electron chi connectivity index (χ1n) is 6.97. The highest BCUT2D eigenvalue weighted by molar-refractivity contribution is 6.31. The molecular weight excluding hydrogens is 315 g/mol. The van der Waals surface area contributed by atoms with E-state index in [0.29, 0.717) is 10.0 Å². The first-order chi connectivity index (χ1) is 10.5. The number of aryl methyl sites for hydroxylation is 1. The van der Waals surface area contributed by atoms with Crippen LogP contribution >= 0.6 is 23.2 Å². The topological polar surface area (TPSA) is 17.1 Å². The largest absolute Gasteiger partial charge is 0.295 e. The van der Waals surface area contributed by atoms with Gasteiger partial charge in [-0.2, -0.15) is 0 Å². The van der Waals surface area contributed by atoms with Crippen molar-refractivity contribution in [1.82, 2.24) is 0 Å². The number of fused-ring (bicyclic) bond motifs is 1. The van der Waals surface area contributed by atoms with Crippen molar-refractivity contribution in [3.63, 3.8) is 0 Å². The van der Waals surface area contributed by atoms with Crippen LogP contribution in [0.25, 0.3) is 21.9 Å². The summed E-state index contributed by atoms with van der Waals surface area (Å²) in [4.78, 5) is 12.0. The smallest absolute Gasteiger partial charge is 0.160 e. The molecule has 0 N–H and O–H groups in total. The minimum absolute atomic E-state index is 0.0505. The summed E-state index contributed by atoms with van der Waals surface area (Å²) in [5.74, 6) is 0.0505. The lowest BCUT2D eigenvalue weighted by atomic mass is 9.90. The molecule has 110 valence electrons. The molecule has 0 aliphatic heterocycles. The fraction of sp³-hybridized carbons (Fsp3) is 0.105. The van der Waals surface area contributed by atoms with Gasteiger partial charge in [-0.3, -0.25) is 4.79 Å². The van der Waals surface area contributed by atoms with Crippen LogP contribution in [-0.4, -0.2) is 5.78 Å². The first kappa shape index (κ1) is 15.1. The molecule has 3 aromatic rings. The molecule has 0 heterocycles. The molecular formula is C19H14Cl2O. The van der Waals surface area contributed by atoms with Gasteiger partial charge >= 0.3 is 0 Å². The summed E-state index contributed by atoms with van der Waals surface area (Å²) < 4.78 is 0. The van der Waals surface area contributed by atoms with Gasteiger partial charge in [-0.05, 0) is 71.6 Å². The molecule has 3 rings (SSSR count). The average molecular weight is 329 g/mol. The number of hydrogen-bond donors (Lipinski definition) is 0. The predicted octanol–water partition coefficient (Wildman–Crippen LogP) is 6.32. The van der Waals surface area contributed by atoms with Gasteiger partial charge in [0.2, 0.25) is 0 Å². The maximum Gasteiger partial charge on any atom is 0.160 e. The second-order valence-corrected chi connectivity index (χ2v) is 6.22. The van der Waals surface area contributed by atoms with Gasteiger partial charge in [0.25, 0.3) is 0 Å². The van der Waals surface area contributed by atoms with Gasteiger partial charge in [-0.25, -0.2) is 0 Å². The zero-order valence-electron chi connectivity index (χ0n) is 12.3. The van der Waals surface area contributed by atoms with E-state index in [4.69, 9.17) is 23.2 Å². The maximum absolute atomic E-state index is 12.0. The van der Waals surface area contributed by atoms with Crippen LogP contribution in [0.2, 0.25) is 10.0 Å². The maximum atomic E-state index is 12.0. The van der Waals surface area contributed by atoms with Gasteiger partial charge in [-0.1, -0.05) is 41.4 Å². The molecule has 0 unspecified atom stereocenters. The highest BCUT2D eigenvalue weighted by atomic mass is 35.5. The van der Waals surface area contributed by atoms with Crippen molar-refractivity contribution in [3.05, 3.63) is 69.7 Å². The lowest BCUT2D eigenvalue weighted by molar-refractivity contribution is 0.101. The van der Waals surface area contributed by atoms with Crippen LogP contribution in [0.1, 0.15) is 22.8 Å². The molecule has 0 atom stereocenters. The molecule has 0 spiro atoms. The number of benzene rings is 3. The van der Waals surface area contributed by atoms with Crippen molar-refractivity contribution in [2.45, 2.75) is 13.8 Å². The molecule has 0 saturated heterocycles. The SMILES string of the molecule is CC(=O)c1cc(-c2ccc(Cl)cc2)c2ccc(Cl)cc2c1C. The van der Waals surface area contributed by atoms with Crippen LogP contribution in [0.4, 0.5) is 0 Å². The summed E-state index contributed by atoms with van der Waals surface area (Å²) in [6, 6.07) is 15.4. The Labute approximate surface area is 139 Å². The van der Waals surface area contributed by atoms with Crippen LogP contribution in [-0.2, 0) is 0 Å². The Kier molecular flexibility index (Phi) is 3.94. The summed E-state index contributed by atoms with van der Waals surface area (Å²) in [6.45, 7) is 3.55. The molecule has 1 nitrogen and oxygen atoms in total. The van der Waals surface area contributed by atoms with Crippen LogP contribution in [0.5, 0.6) is 0 Å². The number of ketones is 1. The lowest BCUT2D eigenvalue weighted by Crippen LogP contribution is -1.98. The molecule has 3 heteroatoms. The van der Waals surface area contributed by atoms with Gasteiger partial charge in [0.15, 0.2) is 5.78 Å². The summed E-state index contributed by atoms with van der Waals surface area (Å²) in [7, 11) is 0. The van der Waals surface area contributed by atoms with Crippen LogP contribution in [0, 0.1) is 6.92 Å². The first-order valence-corrected chi connectivity index (χ1v) is 7.72. The standard InChI is InChI=1S/C19H14Cl2O/c1-11-17(12(2)22)10-19(13-3-5-14(20)6-4-13)16-8-7-15(21)9-18(11)16/h3-10H,1-2H3. The Morgan fingerprint density at radius 3 is 2.14 bits per heavy atom. The predicted molar refractivity (Wildman–Crippen MR) is 94.1 cm³/mol. The summed E-state index contributed by atoms with van der Waals surface area (Å²) in [5.41, 5.74) is 3.72. The van der Waals surface area contributed by atoms with E-state index >= 15 is 0 Å². The highest BCUT2D eigenvalue weighted by Crippen LogP contribution is 2.35. The Hall–Kier alpha value is -1.83. The van der Waals surface area contributed by atoms with Crippen molar-refractivity contribution >= 4 is 39.8 Å². The molecule has 3 aromatic carbocycles. The van der Waals surface area contributed by atoms with Crippen molar-refractivity contribution in [2.24, 2.45) is 0 Å². The van der Waals surface area contributed by atoms with Gasteiger partial charge in [-0.15, -0.1) is 0 Å². The molecule has 0 aliphatic rings. The molecule has 0 aromatic heterocycles. The van der Waals surface area contributed by atoms with E-state index in [9.17, 15) is 4.79 Å². The van der Waals surface area contributed by atoms with Crippen LogP contribution < -0.4 is 0 Å². The van der Waals surface area contributed by atoms with Gasteiger partial charge in [0.05, 0.1) is 0 Å². The Morgan fingerprint density at radius 1 is 0.864 bits per heavy atom. The number of carbonyl (C=O) groups excluding carboxylic acids is 1. The molecule has 0 amide bonds. The van der Waals surface area contributed by atoms with E-state index in [2.05, 4.69) is 0 Å². The zero-order valence-corrected chi connectivity index (χ0v) is 13.8. The number of hydrogen-bond acceptors (Lipinski definition) is 1. The van der Waals surface area contributed by atoms with Crippen molar-refractivity contribution in [2.75, 3.05) is 0 Å². The van der Waals surface area contributed by atoms with E-state index in [1.165, 1.54) is 0 Å². The van der Waals surface area contributed by atoms with E-state index in [0.717, 1.165) is 33.0 Å². The van der Waals surface area contributed by atoms with E-state index in [1.807, 2.05) is 55.5 Å². The lowest BCUT2D eigenvalue weighted by Gasteiger charge is -2.13. The molecule has 22 heavy (non-hydrogen) atoms. The third-order valence-corrected chi connectivity index (χ3v) is 4.39. The molecule has 0 radical (unpaired) electrons. The van der Waals surface area contributed by atoms with Gasteiger partial charge in [0.1, 0.15) is 0 Å². The molecule has 0 bridgehead atoms. The summed E-state index contributed by atoms with van der Waals surface area (Å²) in [5, 5.41) is 3.44. The second-order valence-electron chi connectivity index (χ2n) is 5.35. The number of Topliss-reactive ketones (excluding diaryl/α,β-unsaturated/α-hetero) is 1. The molecule has 0 fully saturated rings. The average Bonchev–Trinajstić information content (AvgIpc) is 2.49. The summed E-state index contributed by atoms with van der Waals surface area (Å²) >= 11 is 12.1.